The number of benzene rings is 2. The molecule has 106 valence electrons. The van der Waals surface area contributed by atoms with E-state index in [-0.39, 0.29) is 6.04 Å². The zero-order chi connectivity index (χ0) is 14.7. The van der Waals surface area contributed by atoms with E-state index in [9.17, 15) is 0 Å². The van der Waals surface area contributed by atoms with Crippen molar-refractivity contribution in [2.75, 3.05) is 0 Å². The Morgan fingerprint density at radius 2 is 1.70 bits per heavy atom. The second-order valence-corrected chi connectivity index (χ2v) is 6.25. The SMILES string of the molecule is Cc1cc(C(Cc2ccc(Cl)cc2)NN)cc(C)c1Br. The number of rotatable bonds is 4. The quantitative estimate of drug-likeness (QED) is 0.629. The Bertz CT molecular complexity index is 573. The number of nitrogens with two attached hydrogens (primary N) is 1. The largest absolute Gasteiger partial charge is 0.271 e. The summed E-state index contributed by atoms with van der Waals surface area (Å²) in [6.07, 6.45) is 0.828. The minimum absolute atomic E-state index is 0.0849. The average Bonchev–Trinajstić information content (AvgIpc) is 2.43. The fourth-order valence-corrected chi connectivity index (χ4v) is 2.66. The van der Waals surface area contributed by atoms with Crippen molar-refractivity contribution in [3.63, 3.8) is 0 Å². The summed E-state index contributed by atoms with van der Waals surface area (Å²) in [5.74, 6) is 5.73. The standard InChI is InChI=1S/C16H18BrClN2/c1-10-7-13(8-11(2)16(10)17)15(20-19)9-12-3-5-14(18)6-4-12/h3-8,15,20H,9,19H2,1-2H3. The molecule has 0 radical (unpaired) electrons. The van der Waals surface area contributed by atoms with Crippen molar-refractivity contribution in [2.24, 2.45) is 5.84 Å². The minimum Gasteiger partial charge on any atom is -0.271 e. The molecule has 0 heterocycles. The molecule has 0 saturated heterocycles. The molecule has 2 aromatic carbocycles. The molecule has 1 unspecified atom stereocenters. The summed E-state index contributed by atoms with van der Waals surface area (Å²) in [6, 6.07) is 12.3. The number of nitrogens with one attached hydrogen (secondary N) is 1. The molecule has 0 aliphatic heterocycles. The third-order valence-corrected chi connectivity index (χ3v) is 4.92. The maximum Gasteiger partial charge on any atom is 0.0500 e. The van der Waals surface area contributed by atoms with Crippen molar-refractivity contribution in [1.29, 1.82) is 0 Å². The Morgan fingerprint density at radius 1 is 1.15 bits per heavy atom. The van der Waals surface area contributed by atoms with Crippen LogP contribution in [0.1, 0.15) is 28.3 Å². The van der Waals surface area contributed by atoms with E-state index in [2.05, 4.69) is 47.3 Å². The van der Waals surface area contributed by atoms with E-state index in [0.29, 0.717) is 0 Å². The lowest BCUT2D eigenvalue weighted by Crippen LogP contribution is -2.29. The van der Waals surface area contributed by atoms with Gasteiger partial charge in [0.15, 0.2) is 0 Å². The maximum absolute atomic E-state index is 5.91. The third-order valence-electron chi connectivity index (χ3n) is 3.42. The molecule has 1 atom stereocenters. The van der Waals surface area contributed by atoms with Crippen LogP contribution >= 0.6 is 27.5 Å². The molecule has 0 aromatic heterocycles. The van der Waals surface area contributed by atoms with Crippen molar-refractivity contribution in [2.45, 2.75) is 26.3 Å². The van der Waals surface area contributed by atoms with Gasteiger partial charge in [-0.15, -0.1) is 0 Å². The highest BCUT2D eigenvalue weighted by Crippen LogP contribution is 2.27. The Balaban J connectivity index is 2.26. The van der Waals surface area contributed by atoms with Crippen LogP contribution in [0, 0.1) is 13.8 Å². The smallest absolute Gasteiger partial charge is 0.0500 e. The van der Waals surface area contributed by atoms with Crippen molar-refractivity contribution in [3.8, 4) is 0 Å². The van der Waals surface area contributed by atoms with Crippen LogP contribution in [0.5, 0.6) is 0 Å². The van der Waals surface area contributed by atoms with Gasteiger partial charge in [-0.05, 0) is 54.7 Å². The van der Waals surface area contributed by atoms with Gasteiger partial charge in [0.25, 0.3) is 0 Å². The van der Waals surface area contributed by atoms with Gasteiger partial charge in [0.1, 0.15) is 0 Å². The summed E-state index contributed by atoms with van der Waals surface area (Å²) in [4.78, 5) is 0. The Kier molecular flexibility index (Phi) is 5.22. The van der Waals surface area contributed by atoms with E-state index in [1.54, 1.807) is 0 Å². The highest BCUT2D eigenvalue weighted by molar-refractivity contribution is 9.10. The van der Waals surface area contributed by atoms with Crippen molar-refractivity contribution in [3.05, 3.63) is 68.1 Å². The molecule has 20 heavy (non-hydrogen) atoms. The van der Waals surface area contributed by atoms with Crippen LogP contribution < -0.4 is 11.3 Å². The molecule has 0 aliphatic rings. The van der Waals surface area contributed by atoms with Crippen molar-refractivity contribution < 1.29 is 0 Å². The molecule has 0 bridgehead atoms. The number of hydrogen-bond acceptors (Lipinski definition) is 2. The summed E-state index contributed by atoms with van der Waals surface area (Å²) >= 11 is 9.51. The molecule has 0 fully saturated rings. The molecule has 0 aliphatic carbocycles. The highest BCUT2D eigenvalue weighted by atomic mass is 79.9. The first-order valence-electron chi connectivity index (χ1n) is 6.48. The van der Waals surface area contributed by atoms with Gasteiger partial charge in [-0.2, -0.15) is 0 Å². The van der Waals surface area contributed by atoms with E-state index in [4.69, 9.17) is 17.4 Å². The van der Waals surface area contributed by atoms with E-state index in [1.165, 1.54) is 22.3 Å². The van der Waals surface area contributed by atoms with Gasteiger partial charge in [0.05, 0.1) is 0 Å². The minimum atomic E-state index is 0.0849. The lowest BCUT2D eigenvalue weighted by Gasteiger charge is -2.18. The van der Waals surface area contributed by atoms with E-state index in [0.717, 1.165) is 15.9 Å². The Labute approximate surface area is 133 Å². The van der Waals surface area contributed by atoms with Gasteiger partial charge in [-0.1, -0.05) is 51.8 Å². The molecule has 0 amide bonds. The molecule has 0 saturated carbocycles. The van der Waals surface area contributed by atoms with Crippen LogP contribution in [0.3, 0.4) is 0 Å². The van der Waals surface area contributed by atoms with Crippen LogP contribution in [0.15, 0.2) is 40.9 Å². The van der Waals surface area contributed by atoms with Crippen LogP contribution in [0.2, 0.25) is 5.02 Å². The first kappa shape index (κ1) is 15.5. The van der Waals surface area contributed by atoms with E-state index >= 15 is 0 Å². The lowest BCUT2D eigenvalue weighted by atomic mass is 9.96. The summed E-state index contributed by atoms with van der Waals surface area (Å²) in [5, 5.41) is 0.751. The molecule has 4 heteroatoms. The second-order valence-electron chi connectivity index (χ2n) is 5.02. The fourth-order valence-electron chi connectivity index (χ4n) is 2.31. The summed E-state index contributed by atoms with van der Waals surface area (Å²) in [5.41, 5.74) is 7.74. The Hall–Kier alpha value is -0.870. The normalized spacial score (nSPS) is 12.4. The van der Waals surface area contributed by atoms with Gasteiger partial charge < -0.3 is 0 Å². The van der Waals surface area contributed by atoms with E-state index < -0.39 is 0 Å². The Morgan fingerprint density at radius 3 is 2.20 bits per heavy atom. The van der Waals surface area contributed by atoms with E-state index in [1.807, 2.05) is 24.3 Å². The molecule has 0 spiro atoms. The molecule has 2 rings (SSSR count). The van der Waals surface area contributed by atoms with Crippen molar-refractivity contribution in [1.82, 2.24) is 5.43 Å². The van der Waals surface area contributed by atoms with Gasteiger partial charge in [0.2, 0.25) is 0 Å². The second kappa shape index (κ2) is 6.72. The number of hydrogen-bond donors (Lipinski definition) is 2. The molecule has 2 aromatic rings. The molecule has 2 nitrogen and oxygen atoms in total. The van der Waals surface area contributed by atoms with Gasteiger partial charge >= 0.3 is 0 Å². The highest BCUT2D eigenvalue weighted by Gasteiger charge is 2.13. The summed E-state index contributed by atoms with van der Waals surface area (Å²) in [7, 11) is 0. The van der Waals surface area contributed by atoms with Gasteiger partial charge in [-0.3, -0.25) is 11.3 Å². The third kappa shape index (κ3) is 3.61. The predicted molar refractivity (Wildman–Crippen MR) is 88.8 cm³/mol. The monoisotopic (exact) mass is 352 g/mol. The van der Waals surface area contributed by atoms with Crippen LogP contribution in [-0.4, -0.2) is 0 Å². The van der Waals surface area contributed by atoms with Crippen molar-refractivity contribution >= 4 is 27.5 Å². The van der Waals surface area contributed by atoms with Crippen LogP contribution in [-0.2, 0) is 6.42 Å². The zero-order valence-electron chi connectivity index (χ0n) is 11.6. The molecular formula is C16H18BrClN2. The molecular weight excluding hydrogens is 336 g/mol. The first-order chi connectivity index (χ1) is 9.51. The fraction of sp³-hybridized carbons (Fsp3) is 0.250. The van der Waals surface area contributed by atoms with Gasteiger partial charge in [-0.25, -0.2) is 0 Å². The summed E-state index contributed by atoms with van der Waals surface area (Å²) < 4.78 is 1.16. The average molecular weight is 354 g/mol. The van der Waals surface area contributed by atoms with Crippen LogP contribution in [0.25, 0.3) is 0 Å². The number of hydrazine groups is 1. The summed E-state index contributed by atoms with van der Waals surface area (Å²) in [6.45, 7) is 4.19. The zero-order valence-corrected chi connectivity index (χ0v) is 13.9. The molecule has 3 N–H and O–H groups in total. The number of aryl methyl sites for hydroxylation is 2. The predicted octanol–water partition coefficient (Wildman–Crippen LogP) is 4.47. The number of halogens is 2. The van der Waals surface area contributed by atoms with Gasteiger partial charge in [0, 0.05) is 15.5 Å². The topological polar surface area (TPSA) is 38.0 Å². The van der Waals surface area contributed by atoms with Crippen LogP contribution in [0.4, 0.5) is 0 Å². The maximum atomic E-state index is 5.91. The first-order valence-corrected chi connectivity index (χ1v) is 7.65. The lowest BCUT2D eigenvalue weighted by molar-refractivity contribution is 0.551.